The number of ether oxygens (including phenoxy) is 2. The zero-order valence-electron chi connectivity index (χ0n) is 8.40. The van der Waals surface area contributed by atoms with Gasteiger partial charge in [0, 0.05) is 17.5 Å². The lowest BCUT2D eigenvalue weighted by molar-refractivity contribution is 0.0890. The molecule has 1 atom stereocenters. The Morgan fingerprint density at radius 1 is 1.60 bits per heavy atom. The number of hydrogen-bond acceptors (Lipinski definition) is 4. The maximum Gasteiger partial charge on any atom is 0.165 e. The lowest BCUT2D eigenvalue weighted by atomic mass is 9.98. The average molecular weight is 208 g/mol. The summed E-state index contributed by atoms with van der Waals surface area (Å²) < 4.78 is 10.5. The van der Waals surface area contributed by atoms with Crippen LogP contribution in [0.3, 0.4) is 0 Å². The van der Waals surface area contributed by atoms with E-state index in [-0.39, 0.29) is 6.61 Å². The summed E-state index contributed by atoms with van der Waals surface area (Å²) in [7, 11) is 1.55. The maximum absolute atomic E-state index is 10.8. The number of rotatable bonds is 2. The van der Waals surface area contributed by atoms with E-state index in [0.717, 1.165) is 11.8 Å². The third-order valence-electron chi connectivity index (χ3n) is 2.47. The van der Waals surface area contributed by atoms with Gasteiger partial charge in [-0.3, -0.25) is 4.79 Å². The number of methoxy groups -OCH3 is 1. The highest BCUT2D eigenvalue weighted by molar-refractivity contribution is 5.80. The lowest BCUT2D eigenvalue weighted by Crippen LogP contribution is -2.26. The van der Waals surface area contributed by atoms with E-state index in [0.29, 0.717) is 23.5 Å². The van der Waals surface area contributed by atoms with Crippen LogP contribution in [0.5, 0.6) is 11.5 Å². The molecule has 2 rings (SSSR count). The summed E-state index contributed by atoms with van der Waals surface area (Å²) in [4.78, 5) is 10.8. The van der Waals surface area contributed by atoms with Crippen molar-refractivity contribution in [2.24, 2.45) is 0 Å². The van der Waals surface area contributed by atoms with Crippen molar-refractivity contribution >= 4 is 6.29 Å². The van der Waals surface area contributed by atoms with Crippen LogP contribution in [0, 0.1) is 0 Å². The van der Waals surface area contributed by atoms with E-state index in [1.165, 1.54) is 0 Å². The molecule has 4 heteroatoms. The molecule has 0 fully saturated rings. The Balaban J connectivity index is 2.53. The molecule has 0 bridgehead atoms. The largest absolute Gasteiger partial charge is 0.493 e. The molecule has 0 spiro atoms. The van der Waals surface area contributed by atoms with E-state index in [2.05, 4.69) is 0 Å². The Morgan fingerprint density at radius 2 is 2.40 bits per heavy atom. The first kappa shape index (κ1) is 9.98. The molecule has 1 aromatic rings. The first-order valence-corrected chi connectivity index (χ1v) is 4.72. The molecule has 0 amide bonds. The first-order chi connectivity index (χ1) is 7.26. The van der Waals surface area contributed by atoms with Crippen LogP contribution in [0.4, 0.5) is 0 Å². The van der Waals surface area contributed by atoms with Gasteiger partial charge in [0.05, 0.1) is 13.2 Å². The van der Waals surface area contributed by atoms with E-state index in [9.17, 15) is 9.90 Å². The van der Waals surface area contributed by atoms with Gasteiger partial charge in [0.15, 0.2) is 11.5 Å². The van der Waals surface area contributed by atoms with E-state index >= 15 is 0 Å². The summed E-state index contributed by atoms with van der Waals surface area (Å²) in [5.74, 6) is 1.18. The van der Waals surface area contributed by atoms with E-state index < -0.39 is 6.10 Å². The molecule has 1 N–H and O–H groups in total. The van der Waals surface area contributed by atoms with Crippen molar-refractivity contribution in [1.82, 2.24) is 0 Å². The van der Waals surface area contributed by atoms with Gasteiger partial charge in [-0.1, -0.05) is 0 Å². The molecule has 1 aliphatic heterocycles. The molecule has 0 aromatic heterocycles. The number of aldehydes is 1. The van der Waals surface area contributed by atoms with Crippen LogP contribution in [0.25, 0.3) is 0 Å². The second-order valence-electron chi connectivity index (χ2n) is 3.45. The number of benzene rings is 1. The smallest absolute Gasteiger partial charge is 0.165 e. The predicted octanol–water partition coefficient (Wildman–Crippen LogP) is 0.803. The van der Waals surface area contributed by atoms with Gasteiger partial charge in [0.2, 0.25) is 0 Å². The molecular weight excluding hydrogens is 196 g/mol. The van der Waals surface area contributed by atoms with Crippen LogP contribution in [0.1, 0.15) is 15.9 Å². The van der Waals surface area contributed by atoms with Gasteiger partial charge in [-0.25, -0.2) is 0 Å². The van der Waals surface area contributed by atoms with Crippen molar-refractivity contribution in [3.63, 3.8) is 0 Å². The van der Waals surface area contributed by atoms with Gasteiger partial charge in [0.25, 0.3) is 0 Å². The van der Waals surface area contributed by atoms with Crippen LogP contribution in [-0.4, -0.2) is 31.2 Å². The van der Waals surface area contributed by atoms with Crippen LogP contribution in [0.2, 0.25) is 0 Å². The van der Waals surface area contributed by atoms with Gasteiger partial charge in [-0.15, -0.1) is 0 Å². The van der Waals surface area contributed by atoms with E-state index in [1.54, 1.807) is 19.2 Å². The summed E-state index contributed by atoms with van der Waals surface area (Å²) >= 11 is 0. The minimum atomic E-state index is -0.552. The highest BCUT2D eigenvalue weighted by Crippen LogP contribution is 2.36. The highest BCUT2D eigenvalue weighted by Gasteiger charge is 2.23. The first-order valence-electron chi connectivity index (χ1n) is 4.72. The maximum atomic E-state index is 10.8. The summed E-state index contributed by atoms with van der Waals surface area (Å²) in [6.45, 7) is 0.242. The van der Waals surface area contributed by atoms with Crippen molar-refractivity contribution in [3.8, 4) is 11.5 Å². The normalized spacial score (nSPS) is 18.9. The predicted molar refractivity (Wildman–Crippen MR) is 53.6 cm³/mol. The molecule has 4 nitrogen and oxygen atoms in total. The quantitative estimate of drug-likeness (QED) is 0.730. The van der Waals surface area contributed by atoms with Gasteiger partial charge in [0.1, 0.15) is 12.9 Å². The second kappa shape index (κ2) is 3.90. The zero-order valence-corrected chi connectivity index (χ0v) is 8.40. The van der Waals surface area contributed by atoms with Gasteiger partial charge in [-0.05, 0) is 12.1 Å². The Labute approximate surface area is 87.4 Å². The molecule has 0 radical (unpaired) electrons. The number of aliphatic hydroxyl groups is 1. The highest BCUT2D eigenvalue weighted by atomic mass is 16.5. The molecular formula is C11H12O4. The summed E-state index contributed by atoms with van der Waals surface area (Å²) in [5, 5.41) is 9.46. The number of carbonyl (C=O) groups excluding carboxylic acids is 1. The van der Waals surface area contributed by atoms with Gasteiger partial charge in [-0.2, -0.15) is 0 Å². The molecule has 1 heterocycles. The fraction of sp³-hybridized carbons (Fsp3) is 0.364. The topological polar surface area (TPSA) is 55.8 Å². The third-order valence-corrected chi connectivity index (χ3v) is 2.47. The molecule has 0 saturated carbocycles. The Hall–Kier alpha value is -1.55. The van der Waals surface area contributed by atoms with Crippen LogP contribution < -0.4 is 9.47 Å². The summed E-state index contributed by atoms with van der Waals surface area (Å²) in [6.07, 6.45) is 0.642. The molecule has 0 saturated heterocycles. The molecule has 1 unspecified atom stereocenters. The number of fused-ring (bicyclic) bond motifs is 1. The van der Waals surface area contributed by atoms with Crippen molar-refractivity contribution in [1.29, 1.82) is 0 Å². The lowest BCUT2D eigenvalue weighted by Gasteiger charge is -2.24. The minimum Gasteiger partial charge on any atom is -0.493 e. The number of hydrogen-bond donors (Lipinski definition) is 1. The van der Waals surface area contributed by atoms with Crippen molar-refractivity contribution < 1.29 is 19.4 Å². The molecule has 1 aliphatic rings. The van der Waals surface area contributed by atoms with Crippen LogP contribution in [-0.2, 0) is 6.42 Å². The summed E-state index contributed by atoms with van der Waals surface area (Å²) in [6, 6.07) is 3.37. The number of aliphatic hydroxyl groups excluding tert-OH is 1. The van der Waals surface area contributed by atoms with Crippen LogP contribution >= 0.6 is 0 Å². The standard InChI is InChI=1S/C11H12O4/c1-14-10-3-2-7(5-12)9-4-8(13)6-15-11(9)10/h2-3,5,8,13H,4,6H2,1H3. The monoisotopic (exact) mass is 208 g/mol. The van der Waals surface area contributed by atoms with Gasteiger partial charge < -0.3 is 14.6 Å². The van der Waals surface area contributed by atoms with Crippen molar-refractivity contribution in [2.75, 3.05) is 13.7 Å². The van der Waals surface area contributed by atoms with E-state index in [4.69, 9.17) is 9.47 Å². The third kappa shape index (κ3) is 1.68. The van der Waals surface area contributed by atoms with Crippen molar-refractivity contribution in [2.45, 2.75) is 12.5 Å². The number of carbonyl (C=O) groups is 1. The summed E-state index contributed by atoms with van der Waals surface area (Å²) in [5.41, 5.74) is 1.27. The van der Waals surface area contributed by atoms with Gasteiger partial charge >= 0.3 is 0 Å². The molecule has 15 heavy (non-hydrogen) atoms. The fourth-order valence-electron chi connectivity index (χ4n) is 1.74. The Bertz CT molecular complexity index is 386. The van der Waals surface area contributed by atoms with E-state index in [1.807, 2.05) is 0 Å². The zero-order chi connectivity index (χ0) is 10.8. The van der Waals surface area contributed by atoms with Crippen molar-refractivity contribution in [3.05, 3.63) is 23.3 Å². The Kier molecular flexibility index (Phi) is 2.60. The second-order valence-corrected chi connectivity index (χ2v) is 3.45. The van der Waals surface area contributed by atoms with Crippen LogP contribution in [0.15, 0.2) is 12.1 Å². The molecule has 80 valence electrons. The minimum absolute atomic E-state index is 0.242. The molecule has 0 aliphatic carbocycles. The average Bonchev–Trinajstić information content (AvgIpc) is 2.27. The fourth-order valence-corrected chi connectivity index (χ4v) is 1.74. The Morgan fingerprint density at radius 3 is 3.07 bits per heavy atom. The molecule has 1 aromatic carbocycles. The SMILES string of the molecule is COc1ccc(C=O)c2c1OCC(O)C2.